The summed E-state index contributed by atoms with van der Waals surface area (Å²) in [4.78, 5) is 10.8. The van der Waals surface area contributed by atoms with Crippen molar-refractivity contribution in [2.75, 3.05) is 39.8 Å². The predicted octanol–water partition coefficient (Wildman–Crippen LogP) is 3.30. The van der Waals surface area contributed by atoms with E-state index >= 15 is 0 Å². The largest absolute Gasteiger partial charge is 0.356 e. The smallest absolute Gasteiger partial charge is 0.193 e. The van der Waals surface area contributed by atoms with Gasteiger partial charge in [-0.15, -0.1) is 35.3 Å². The van der Waals surface area contributed by atoms with Crippen LogP contribution < -0.4 is 5.32 Å². The molecule has 0 amide bonds. The molecule has 4 nitrogen and oxygen atoms in total. The molecular formula is C19H27IN4S. The molecule has 2 aromatic rings. The van der Waals surface area contributed by atoms with Crippen LogP contribution in [0.5, 0.6) is 0 Å². The molecular weight excluding hydrogens is 443 g/mol. The Morgan fingerprint density at radius 1 is 1.08 bits per heavy atom. The van der Waals surface area contributed by atoms with Crippen molar-refractivity contribution in [1.82, 2.24) is 15.1 Å². The lowest BCUT2D eigenvalue weighted by Crippen LogP contribution is -2.52. The molecule has 0 bridgehead atoms. The average molecular weight is 470 g/mol. The Labute approximate surface area is 172 Å². The average Bonchev–Trinajstić information content (AvgIpc) is 3.14. The van der Waals surface area contributed by atoms with E-state index in [2.05, 4.69) is 68.0 Å². The maximum absolute atomic E-state index is 4.46. The van der Waals surface area contributed by atoms with Crippen LogP contribution in [0.1, 0.15) is 10.4 Å². The van der Waals surface area contributed by atoms with Crippen LogP contribution in [0.25, 0.3) is 0 Å². The van der Waals surface area contributed by atoms with Gasteiger partial charge in [-0.1, -0.05) is 36.4 Å². The summed E-state index contributed by atoms with van der Waals surface area (Å²) in [6.07, 6.45) is 1.06. The Bertz CT molecular complexity index is 622. The highest BCUT2D eigenvalue weighted by Gasteiger charge is 2.19. The van der Waals surface area contributed by atoms with E-state index in [0.29, 0.717) is 0 Å². The van der Waals surface area contributed by atoms with Gasteiger partial charge >= 0.3 is 0 Å². The van der Waals surface area contributed by atoms with E-state index in [1.54, 1.807) is 0 Å². The number of thiophene rings is 1. The first kappa shape index (κ1) is 20.2. The minimum absolute atomic E-state index is 0. The van der Waals surface area contributed by atoms with E-state index in [0.717, 1.165) is 51.6 Å². The van der Waals surface area contributed by atoms with E-state index in [1.165, 1.54) is 10.4 Å². The summed E-state index contributed by atoms with van der Waals surface area (Å²) in [5, 5.41) is 5.64. The molecule has 0 unspecified atom stereocenters. The van der Waals surface area contributed by atoms with Crippen molar-refractivity contribution in [3.05, 3.63) is 58.3 Å². The fraction of sp³-hybridized carbons (Fsp3) is 0.421. The van der Waals surface area contributed by atoms with Gasteiger partial charge in [-0.3, -0.25) is 9.89 Å². The molecule has 6 heteroatoms. The van der Waals surface area contributed by atoms with Crippen LogP contribution in [0.4, 0.5) is 0 Å². The van der Waals surface area contributed by atoms with E-state index in [4.69, 9.17) is 0 Å². The van der Waals surface area contributed by atoms with Gasteiger partial charge in [0.1, 0.15) is 0 Å². The van der Waals surface area contributed by atoms with Gasteiger partial charge in [-0.25, -0.2) is 0 Å². The highest BCUT2D eigenvalue weighted by atomic mass is 127. The van der Waals surface area contributed by atoms with Crippen LogP contribution >= 0.6 is 35.3 Å². The zero-order valence-corrected chi connectivity index (χ0v) is 17.9. The lowest BCUT2D eigenvalue weighted by atomic mass is 10.2. The molecule has 0 radical (unpaired) electrons. The summed E-state index contributed by atoms with van der Waals surface area (Å²) in [5.74, 6) is 1.03. The first-order valence-corrected chi connectivity index (χ1v) is 9.47. The highest BCUT2D eigenvalue weighted by molar-refractivity contribution is 14.0. The number of halogens is 1. The van der Waals surface area contributed by atoms with Crippen LogP contribution in [0.15, 0.2) is 52.8 Å². The van der Waals surface area contributed by atoms with Gasteiger partial charge in [0.05, 0.1) is 0 Å². The number of guanidine groups is 1. The second-order valence-electron chi connectivity index (χ2n) is 6.05. The Morgan fingerprint density at radius 2 is 1.84 bits per heavy atom. The molecule has 1 aliphatic heterocycles. The SMILES string of the molecule is CN=C(NCCc1cccs1)N1CCN(Cc2ccccc2)CC1.I. The quantitative estimate of drug-likeness (QED) is 0.414. The van der Waals surface area contributed by atoms with E-state index in [1.807, 2.05) is 18.4 Å². The molecule has 1 fully saturated rings. The van der Waals surface area contributed by atoms with Crippen molar-refractivity contribution in [3.8, 4) is 0 Å². The number of nitrogens with zero attached hydrogens (tertiary/aromatic N) is 3. The fourth-order valence-electron chi connectivity index (χ4n) is 3.04. The summed E-state index contributed by atoms with van der Waals surface area (Å²) in [7, 11) is 1.88. The minimum Gasteiger partial charge on any atom is -0.356 e. The molecule has 25 heavy (non-hydrogen) atoms. The molecule has 1 aromatic carbocycles. The topological polar surface area (TPSA) is 30.9 Å². The molecule has 0 saturated carbocycles. The van der Waals surface area contributed by atoms with Gasteiger partial charge in [0.25, 0.3) is 0 Å². The van der Waals surface area contributed by atoms with Gasteiger partial charge in [-0.05, 0) is 23.4 Å². The lowest BCUT2D eigenvalue weighted by molar-refractivity contribution is 0.172. The standard InChI is InChI=1S/C19H26N4S.HI/c1-20-19(21-10-9-18-8-5-15-24-18)23-13-11-22(12-14-23)16-17-6-3-2-4-7-17;/h2-8,15H,9-14,16H2,1H3,(H,20,21);1H. The molecule has 3 rings (SSSR count). The second kappa shape index (κ2) is 10.8. The zero-order valence-electron chi connectivity index (χ0n) is 14.7. The maximum Gasteiger partial charge on any atom is 0.193 e. The van der Waals surface area contributed by atoms with Crippen molar-refractivity contribution in [2.45, 2.75) is 13.0 Å². The van der Waals surface area contributed by atoms with Crippen molar-refractivity contribution in [2.24, 2.45) is 4.99 Å². The molecule has 1 N–H and O–H groups in total. The molecule has 0 atom stereocenters. The summed E-state index contributed by atoms with van der Waals surface area (Å²) in [5.41, 5.74) is 1.39. The van der Waals surface area contributed by atoms with Crippen molar-refractivity contribution < 1.29 is 0 Å². The van der Waals surface area contributed by atoms with Gasteiger partial charge in [0.15, 0.2) is 5.96 Å². The Balaban J connectivity index is 0.00000225. The number of rotatable bonds is 5. The van der Waals surface area contributed by atoms with E-state index in [9.17, 15) is 0 Å². The minimum atomic E-state index is 0. The van der Waals surface area contributed by atoms with Gasteiger partial charge < -0.3 is 10.2 Å². The third kappa shape index (κ3) is 6.27. The molecule has 0 spiro atoms. The van der Waals surface area contributed by atoms with Gasteiger partial charge in [0.2, 0.25) is 0 Å². The summed E-state index contributed by atoms with van der Waals surface area (Å²) >= 11 is 1.82. The summed E-state index contributed by atoms with van der Waals surface area (Å²) < 4.78 is 0. The maximum atomic E-state index is 4.46. The van der Waals surface area contributed by atoms with Crippen LogP contribution in [0.2, 0.25) is 0 Å². The molecule has 1 aromatic heterocycles. The fourth-order valence-corrected chi connectivity index (χ4v) is 3.75. The second-order valence-corrected chi connectivity index (χ2v) is 7.08. The third-order valence-electron chi connectivity index (χ3n) is 4.37. The highest BCUT2D eigenvalue weighted by Crippen LogP contribution is 2.10. The van der Waals surface area contributed by atoms with Gasteiger partial charge in [0, 0.05) is 51.2 Å². The van der Waals surface area contributed by atoms with E-state index in [-0.39, 0.29) is 24.0 Å². The number of nitrogens with one attached hydrogen (secondary N) is 1. The number of benzene rings is 1. The molecule has 136 valence electrons. The van der Waals surface area contributed by atoms with Crippen LogP contribution in [0.3, 0.4) is 0 Å². The molecule has 2 heterocycles. The van der Waals surface area contributed by atoms with Crippen molar-refractivity contribution in [3.63, 3.8) is 0 Å². The monoisotopic (exact) mass is 470 g/mol. The molecule has 1 saturated heterocycles. The molecule has 1 aliphatic rings. The number of aliphatic imine (C=N–C) groups is 1. The van der Waals surface area contributed by atoms with Gasteiger partial charge in [-0.2, -0.15) is 0 Å². The Kier molecular flexibility index (Phi) is 8.71. The predicted molar refractivity (Wildman–Crippen MR) is 118 cm³/mol. The first-order chi connectivity index (χ1) is 11.8. The third-order valence-corrected chi connectivity index (χ3v) is 5.30. The van der Waals surface area contributed by atoms with Crippen molar-refractivity contribution >= 4 is 41.3 Å². The Morgan fingerprint density at radius 3 is 2.48 bits per heavy atom. The summed E-state index contributed by atoms with van der Waals surface area (Å²) in [6, 6.07) is 15.0. The van der Waals surface area contributed by atoms with E-state index < -0.39 is 0 Å². The van der Waals surface area contributed by atoms with Crippen molar-refractivity contribution in [1.29, 1.82) is 0 Å². The number of piperazine rings is 1. The Hall–Kier alpha value is -1.12. The number of hydrogen-bond donors (Lipinski definition) is 1. The molecule has 0 aliphatic carbocycles. The zero-order chi connectivity index (χ0) is 16.6. The lowest BCUT2D eigenvalue weighted by Gasteiger charge is -2.36. The van der Waals surface area contributed by atoms with Crippen LogP contribution in [-0.2, 0) is 13.0 Å². The number of hydrogen-bond acceptors (Lipinski definition) is 3. The van der Waals surface area contributed by atoms with Crippen LogP contribution in [0, 0.1) is 0 Å². The first-order valence-electron chi connectivity index (χ1n) is 8.59. The van der Waals surface area contributed by atoms with Crippen LogP contribution in [-0.4, -0.2) is 55.5 Å². The summed E-state index contributed by atoms with van der Waals surface area (Å²) in [6.45, 7) is 6.22. The normalized spacial score (nSPS) is 15.7.